The minimum absolute atomic E-state index is 0.0584. The van der Waals surface area contributed by atoms with Gasteiger partial charge in [0.05, 0.1) is 6.54 Å². The molecule has 0 saturated carbocycles. The third kappa shape index (κ3) is 4.33. The maximum Gasteiger partial charge on any atom is 0.317 e. The molecule has 1 aliphatic rings. The Hall–Kier alpha value is -1.39. The van der Waals surface area contributed by atoms with E-state index >= 15 is 0 Å². The first kappa shape index (κ1) is 14.0. The average Bonchev–Trinajstić information content (AvgIpc) is 2.40. The molecule has 0 aromatic heterocycles. The highest BCUT2D eigenvalue weighted by Gasteiger charge is 2.20. The van der Waals surface area contributed by atoms with Gasteiger partial charge in [-0.1, -0.05) is 24.3 Å². The molecule has 0 amide bonds. The highest BCUT2D eigenvalue weighted by atomic mass is 16.4. The zero-order valence-corrected chi connectivity index (χ0v) is 11.4. The van der Waals surface area contributed by atoms with Crippen molar-refractivity contribution in [2.45, 2.75) is 32.4 Å². The van der Waals surface area contributed by atoms with E-state index in [0.29, 0.717) is 6.04 Å². The molecule has 1 aromatic rings. The Balaban J connectivity index is 1.87. The second-order valence-electron chi connectivity index (χ2n) is 5.28. The van der Waals surface area contributed by atoms with E-state index in [4.69, 9.17) is 5.11 Å². The lowest BCUT2D eigenvalue weighted by molar-refractivity contribution is -0.136. The molecule has 19 heavy (non-hydrogen) atoms. The third-order valence-corrected chi connectivity index (χ3v) is 3.70. The van der Waals surface area contributed by atoms with Gasteiger partial charge < -0.3 is 10.4 Å². The van der Waals surface area contributed by atoms with Crippen LogP contribution in [0.1, 0.15) is 24.0 Å². The van der Waals surface area contributed by atoms with Gasteiger partial charge in [0.1, 0.15) is 0 Å². The molecule has 1 aromatic carbocycles. The van der Waals surface area contributed by atoms with Crippen LogP contribution in [0.15, 0.2) is 24.3 Å². The quantitative estimate of drug-likeness (QED) is 0.847. The van der Waals surface area contributed by atoms with Crippen molar-refractivity contribution >= 4 is 5.97 Å². The summed E-state index contributed by atoms with van der Waals surface area (Å²) >= 11 is 0. The van der Waals surface area contributed by atoms with Crippen LogP contribution in [0.5, 0.6) is 0 Å². The van der Waals surface area contributed by atoms with Crippen LogP contribution >= 0.6 is 0 Å². The molecule has 1 atom stereocenters. The van der Waals surface area contributed by atoms with Crippen molar-refractivity contribution in [1.29, 1.82) is 0 Å². The zero-order valence-electron chi connectivity index (χ0n) is 11.4. The number of aryl methyl sites for hydroxylation is 1. The Kier molecular flexibility index (Phi) is 4.93. The lowest BCUT2D eigenvalue weighted by atomic mass is 10.0. The van der Waals surface area contributed by atoms with Crippen LogP contribution in [0.3, 0.4) is 0 Å². The van der Waals surface area contributed by atoms with Gasteiger partial charge >= 0.3 is 5.97 Å². The molecular formula is C15H22N2O2. The van der Waals surface area contributed by atoms with Crippen molar-refractivity contribution in [3.63, 3.8) is 0 Å². The Morgan fingerprint density at radius 3 is 3.00 bits per heavy atom. The summed E-state index contributed by atoms with van der Waals surface area (Å²) in [6.07, 6.45) is 2.20. The topological polar surface area (TPSA) is 52.6 Å². The van der Waals surface area contributed by atoms with Gasteiger partial charge in [-0.3, -0.25) is 9.69 Å². The number of carboxylic acids is 1. The molecule has 2 rings (SSSR count). The summed E-state index contributed by atoms with van der Waals surface area (Å²) in [6, 6.07) is 8.75. The average molecular weight is 262 g/mol. The maximum absolute atomic E-state index is 10.6. The molecule has 1 aliphatic heterocycles. The number of carbonyl (C=O) groups is 1. The van der Waals surface area contributed by atoms with Gasteiger partial charge in [-0.15, -0.1) is 0 Å². The first-order valence-corrected chi connectivity index (χ1v) is 6.87. The summed E-state index contributed by atoms with van der Waals surface area (Å²) < 4.78 is 0. The van der Waals surface area contributed by atoms with E-state index in [9.17, 15) is 4.79 Å². The van der Waals surface area contributed by atoms with Crippen LogP contribution in [0.4, 0.5) is 0 Å². The van der Waals surface area contributed by atoms with Crippen LogP contribution in [-0.2, 0) is 11.3 Å². The van der Waals surface area contributed by atoms with Crippen molar-refractivity contribution < 1.29 is 9.90 Å². The molecule has 0 aliphatic carbocycles. The summed E-state index contributed by atoms with van der Waals surface area (Å²) in [4.78, 5) is 13.0. The second-order valence-corrected chi connectivity index (χ2v) is 5.28. The molecule has 0 spiro atoms. The number of aliphatic carboxylic acids is 1. The molecule has 104 valence electrons. The molecule has 1 saturated heterocycles. The lowest BCUT2D eigenvalue weighted by Gasteiger charge is -2.33. The van der Waals surface area contributed by atoms with Crippen LogP contribution in [0, 0.1) is 6.92 Å². The predicted octanol–water partition coefficient (Wildman–Crippen LogP) is 1.63. The summed E-state index contributed by atoms with van der Waals surface area (Å²) in [7, 11) is 0. The van der Waals surface area contributed by atoms with Gasteiger partial charge in [0, 0.05) is 19.1 Å². The number of piperidine rings is 1. The van der Waals surface area contributed by atoms with Gasteiger partial charge in [-0.25, -0.2) is 0 Å². The molecule has 0 radical (unpaired) electrons. The number of benzene rings is 1. The van der Waals surface area contributed by atoms with E-state index in [0.717, 1.165) is 32.5 Å². The van der Waals surface area contributed by atoms with E-state index in [2.05, 4.69) is 41.4 Å². The number of hydrogen-bond acceptors (Lipinski definition) is 3. The van der Waals surface area contributed by atoms with Crippen LogP contribution in [0.25, 0.3) is 0 Å². The molecule has 2 N–H and O–H groups in total. The maximum atomic E-state index is 10.6. The Labute approximate surface area is 114 Å². The molecular weight excluding hydrogens is 240 g/mol. The molecule has 1 fully saturated rings. The van der Waals surface area contributed by atoms with Gasteiger partial charge in [-0.05, 0) is 37.4 Å². The van der Waals surface area contributed by atoms with Crippen molar-refractivity contribution in [3.05, 3.63) is 35.4 Å². The predicted molar refractivity (Wildman–Crippen MR) is 75.1 cm³/mol. The summed E-state index contributed by atoms with van der Waals surface area (Å²) in [5, 5.41) is 11.8. The zero-order chi connectivity index (χ0) is 13.7. The number of carboxylic acid groups (broad SMARTS) is 1. The fraction of sp³-hybridized carbons (Fsp3) is 0.533. The van der Waals surface area contributed by atoms with E-state index < -0.39 is 5.97 Å². The normalized spacial score (nSPS) is 20.4. The van der Waals surface area contributed by atoms with Crippen molar-refractivity contribution in [2.24, 2.45) is 0 Å². The van der Waals surface area contributed by atoms with Gasteiger partial charge in [-0.2, -0.15) is 0 Å². The highest BCUT2D eigenvalue weighted by molar-refractivity contribution is 5.69. The van der Waals surface area contributed by atoms with E-state index in [1.807, 2.05) is 0 Å². The van der Waals surface area contributed by atoms with E-state index in [1.54, 1.807) is 0 Å². The van der Waals surface area contributed by atoms with Gasteiger partial charge in [0.25, 0.3) is 0 Å². The molecule has 1 unspecified atom stereocenters. The number of hydrogen-bond donors (Lipinski definition) is 2. The van der Waals surface area contributed by atoms with Crippen molar-refractivity contribution in [3.8, 4) is 0 Å². The van der Waals surface area contributed by atoms with Gasteiger partial charge in [0.2, 0.25) is 0 Å². The van der Waals surface area contributed by atoms with Crippen LogP contribution in [0.2, 0.25) is 0 Å². The molecule has 1 heterocycles. The molecule has 4 heteroatoms. The highest BCUT2D eigenvalue weighted by Crippen LogP contribution is 2.15. The van der Waals surface area contributed by atoms with Crippen molar-refractivity contribution in [1.82, 2.24) is 10.2 Å². The summed E-state index contributed by atoms with van der Waals surface area (Å²) in [5.41, 5.74) is 2.68. The lowest BCUT2D eigenvalue weighted by Crippen LogP contribution is -2.46. The smallest absolute Gasteiger partial charge is 0.317 e. The number of nitrogens with zero attached hydrogens (tertiary/aromatic N) is 1. The molecule has 4 nitrogen and oxygen atoms in total. The standard InChI is InChI=1S/C15H22N2O2/c1-12-5-2-3-6-13(12)10-17-8-4-7-14(11-17)16-9-15(18)19/h2-3,5-6,14,16H,4,7-11H2,1H3,(H,18,19). The monoisotopic (exact) mass is 262 g/mol. The third-order valence-electron chi connectivity index (χ3n) is 3.70. The first-order valence-electron chi connectivity index (χ1n) is 6.87. The minimum Gasteiger partial charge on any atom is -0.480 e. The fourth-order valence-electron chi connectivity index (χ4n) is 2.63. The largest absolute Gasteiger partial charge is 0.480 e. The van der Waals surface area contributed by atoms with Gasteiger partial charge in [0.15, 0.2) is 0 Å². The van der Waals surface area contributed by atoms with Crippen LogP contribution < -0.4 is 5.32 Å². The number of rotatable bonds is 5. The number of likely N-dealkylation sites (tertiary alicyclic amines) is 1. The Bertz CT molecular complexity index is 434. The fourth-order valence-corrected chi connectivity index (χ4v) is 2.63. The Morgan fingerprint density at radius 2 is 2.26 bits per heavy atom. The van der Waals surface area contributed by atoms with E-state index in [-0.39, 0.29) is 6.54 Å². The van der Waals surface area contributed by atoms with Crippen LogP contribution in [-0.4, -0.2) is 41.7 Å². The second kappa shape index (κ2) is 6.68. The molecule has 0 bridgehead atoms. The SMILES string of the molecule is Cc1ccccc1CN1CCCC(NCC(=O)O)C1. The minimum atomic E-state index is -0.781. The number of nitrogens with one attached hydrogen (secondary N) is 1. The van der Waals surface area contributed by atoms with Crippen molar-refractivity contribution in [2.75, 3.05) is 19.6 Å². The summed E-state index contributed by atoms with van der Waals surface area (Å²) in [6.45, 7) is 5.18. The Morgan fingerprint density at radius 1 is 1.47 bits per heavy atom. The first-order chi connectivity index (χ1) is 9.15. The summed E-state index contributed by atoms with van der Waals surface area (Å²) in [5.74, 6) is -0.781. The van der Waals surface area contributed by atoms with E-state index in [1.165, 1.54) is 11.1 Å².